The van der Waals surface area contributed by atoms with E-state index in [1.54, 1.807) is 0 Å². The first kappa shape index (κ1) is 14.1. The van der Waals surface area contributed by atoms with Gasteiger partial charge in [0.25, 0.3) is 0 Å². The summed E-state index contributed by atoms with van der Waals surface area (Å²) in [5.74, 6) is 0.670. The first-order valence-electron chi connectivity index (χ1n) is 7.68. The number of nitrogens with one attached hydrogen (secondary N) is 3. The van der Waals surface area contributed by atoms with Crippen molar-refractivity contribution in [1.29, 1.82) is 0 Å². The lowest BCUT2D eigenvalue weighted by atomic mass is 9.77. The third-order valence-electron chi connectivity index (χ3n) is 4.34. The topological polar surface area (TPSA) is 77.8 Å². The predicted molar refractivity (Wildman–Crippen MR) is 83.6 cm³/mol. The van der Waals surface area contributed by atoms with E-state index in [0.717, 1.165) is 13.0 Å². The van der Waals surface area contributed by atoms with Crippen LogP contribution in [-0.4, -0.2) is 16.5 Å². The minimum Gasteiger partial charge on any atom is -0.316 e. The molecule has 1 atom stereocenters. The van der Waals surface area contributed by atoms with Gasteiger partial charge in [0, 0.05) is 6.04 Å². The molecule has 21 heavy (non-hydrogen) atoms. The Morgan fingerprint density at radius 3 is 2.52 bits per heavy atom. The summed E-state index contributed by atoms with van der Waals surface area (Å²) in [6.07, 6.45) is 4.90. The summed E-state index contributed by atoms with van der Waals surface area (Å²) in [5.41, 5.74) is 1.35. The van der Waals surface area contributed by atoms with Crippen LogP contribution in [0.4, 0.5) is 0 Å². The van der Waals surface area contributed by atoms with E-state index < -0.39 is 11.1 Å². The van der Waals surface area contributed by atoms with Gasteiger partial charge in [-0.3, -0.25) is 9.59 Å². The molecule has 1 saturated carbocycles. The second-order valence-electron chi connectivity index (χ2n) is 5.84. The molecule has 1 heterocycles. The highest BCUT2D eigenvalue weighted by Crippen LogP contribution is 2.38. The van der Waals surface area contributed by atoms with Crippen LogP contribution in [0.5, 0.6) is 0 Å². The number of fused-ring (bicyclic) bond motifs is 1. The summed E-state index contributed by atoms with van der Waals surface area (Å²) < 4.78 is 0. The second-order valence-corrected chi connectivity index (χ2v) is 5.84. The molecule has 1 unspecified atom stereocenters. The number of rotatable bonds is 5. The number of H-pyrrole nitrogens is 2. The van der Waals surface area contributed by atoms with Gasteiger partial charge in [-0.15, -0.1) is 0 Å². The van der Waals surface area contributed by atoms with E-state index in [0.29, 0.717) is 23.0 Å². The normalized spacial score (nSPS) is 16.8. The van der Waals surface area contributed by atoms with Gasteiger partial charge in [-0.1, -0.05) is 19.4 Å². The highest BCUT2D eigenvalue weighted by molar-refractivity contribution is 5.74. The van der Waals surface area contributed by atoms with Gasteiger partial charge in [0.15, 0.2) is 0 Å². The maximum atomic E-state index is 11.5. The van der Waals surface area contributed by atoms with Crippen molar-refractivity contribution in [3.8, 4) is 0 Å². The van der Waals surface area contributed by atoms with E-state index in [2.05, 4.69) is 22.2 Å². The Morgan fingerprint density at radius 2 is 1.90 bits per heavy atom. The van der Waals surface area contributed by atoms with Crippen molar-refractivity contribution in [3.63, 3.8) is 0 Å². The number of aromatic nitrogens is 2. The fourth-order valence-corrected chi connectivity index (χ4v) is 2.96. The highest BCUT2D eigenvalue weighted by Gasteiger charge is 2.28. The van der Waals surface area contributed by atoms with Crippen LogP contribution in [0.2, 0.25) is 0 Å². The Bertz CT molecular complexity index is 743. The third-order valence-corrected chi connectivity index (χ3v) is 4.34. The molecular weight excluding hydrogens is 266 g/mol. The first-order valence-corrected chi connectivity index (χ1v) is 7.68. The minimum absolute atomic E-state index is 0.332. The van der Waals surface area contributed by atoms with Crippen LogP contribution in [0.15, 0.2) is 27.8 Å². The Morgan fingerprint density at radius 1 is 1.19 bits per heavy atom. The molecule has 0 amide bonds. The maximum Gasteiger partial charge on any atom is 0.314 e. The van der Waals surface area contributed by atoms with Gasteiger partial charge in [-0.25, -0.2) is 0 Å². The fraction of sp³-hybridized carbons (Fsp3) is 0.500. The molecular formula is C16H21N3O2. The average molecular weight is 287 g/mol. The monoisotopic (exact) mass is 287 g/mol. The molecule has 0 spiro atoms. The van der Waals surface area contributed by atoms with E-state index in [4.69, 9.17) is 0 Å². The van der Waals surface area contributed by atoms with Crippen molar-refractivity contribution in [3.05, 3.63) is 44.5 Å². The molecule has 5 heteroatoms. The van der Waals surface area contributed by atoms with Crippen molar-refractivity contribution in [2.75, 3.05) is 6.54 Å². The summed E-state index contributed by atoms with van der Waals surface area (Å²) in [5, 5.41) is 3.61. The quantitative estimate of drug-likeness (QED) is 0.737. The lowest BCUT2D eigenvalue weighted by Gasteiger charge is -2.35. The molecule has 1 aliphatic carbocycles. The van der Waals surface area contributed by atoms with Crippen molar-refractivity contribution in [2.45, 2.75) is 38.6 Å². The van der Waals surface area contributed by atoms with E-state index in [9.17, 15) is 9.59 Å². The van der Waals surface area contributed by atoms with Crippen LogP contribution in [0.1, 0.15) is 44.2 Å². The summed E-state index contributed by atoms with van der Waals surface area (Å²) in [6.45, 7) is 3.15. The Labute approximate surface area is 122 Å². The summed E-state index contributed by atoms with van der Waals surface area (Å²) in [7, 11) is 0. The van der Waals surface area contributed by atoms with Gasteiger partial charge in [0.2, 0.25) is 0 Å². The van der Waals surface area contributed by atoms with Gasteiger partial charge in [-0.05, 0) is 49.4 Å². The standard InChI is InChI=1S/C16H21N3O2/c1-2-8-17-14(10-4-3-5-10)11-6-7-12-13(9-11)19-16(21)15(20)18-12/h6-7,9-10,14,17H,2-5,8H2,1H3,(H,18,20)(H,19,21). The molecule has 0 saturated heterocycles. The molecule has 0 bridgehead atoms. The van der Waals surface area contributed by atoms with Crippen LogP contribution in [0.3, 0.4) is 0 Å². The van der Waals surface area contributed by atoms with Crippen LogP contribution in [-0.2, 0) is 0 Å². The molecule has 3 rings (SSSR count). The zero-order chi connectivity index (χ0) is 14.8. The van der Waals surface area contributed by atoms with Gasteiger partial charge < -0.3 is 15.3 Å². The van der Waals surface area contributed by atoms with Crippen LogP contribution >= 0.6 is 0 Å². The fourth-order valence-electron chi connectivity index (χ4n) is 2.96. The molecule has 112 valence electrons. The molecule has 5 nitrogen and oxygen atoms in total. The summed E-state index contributed by atoms with van der Waals surface area (Å²) in [4.78, 5) is 28.1. The lowest BCUT2D eigenvalue weighted by Crippen LogP contribution is -2.33. The predicted octanol–water partition coefficient (Wildman–Crippen LogP) is 2.06. The van der Waals surface area contributed by atoms with E-state index in [-0.39, 0.29) is 0 Å². The van der Waals surface area contributed by atoms with Crippen LogP contribution < -0.4 is 16.4 Å². The summed E-state index contributed by atoms with van der Waals surface area (Å²) >= 11 is 0. The summed E-state index contributed by atoms with van der Waals surface area (Å²) in [6, 6.07) is 6.24. The number of hydrogen-bond acceptors (Lipinski definition) is 3. The van der Waals surface area contributed by atoms with Gasteiger partial charge in [0.05, 0.1) is 11.0 Å². The van der Waals surface area contributed by atoms with E-state index in [1.165, 1.54) is 24.8 Å². The molecule has 1 aromatic carbocycles. The highest BCUT2D eigenvalue weighted by atomic mass is 16.2. The number of hydrogen-bond donors (Lipinski definition) is 3. The molecule has 1 fully saturated rings. The third kappa shape index (κ3) is 2.78. The lowest BCUT2D eigenvalue weighted by molar-refractivity contribution is 0.231. The molecule has 1 aliphatic rings. The Balaban J connectivity index is 1.98. The smallest absolute Gasteiger partial charge is 0.314 e. The number of benzene rings is 1. The van der Waals surface area contributed by atoms with Gasteiger partial charge in [0.1, 0.15) is 0 Å². The van der Waals surface area contributed by atoms with E-state index >= 15 is 0 Å². The largest absolute Gasteiger partial charge is 0.316 e. The average Bonchev–Trinajstić information content (AvgIpc) is 2.42. The van der Waals surface area contributed by atoms with Crippen LogP contribution in [0, 0.1) is 5.92 Å². The van der Waals surface area contributed by atoms with Gasteiger partial charge in [-0.2, -0.15) is 0 Å². The van der Waals surface area contributed by atoms with E-state index in [1.807, 2.05) is 18.2 Å². The zero-order valence-electron chi connectivity index (χ0n) is 12.2. The van der Waals surface area contributed by atoms with Crippen molar-refractivity contribution in [1.82, 2.24) is 15.3 Å². The first-order chi connectivity index (χ1) is 10.2. The second kappa shape index (κ2) is 5.85. The molecule has 1 aromatic heterocycles. The molecule has 2 aromatic rings. The molecule has 3 N–H and O–H groups in total. The number of aromatic amines is 2. The van der Waals surface area contributed by atoms with Crippen LogP contribution in [0.25, 0.3) is 11.0 Å². The van der Waals surface area contributed by atoms with Crippen molar-refractivity contribution >= 4 is 11.0 Å². The minimum atomic E-state index is -0.602. The Hall–Kier alpha value is -1.88. The zero-order valence-corrected chi connectivity index (χ0v) is 12.2. The molecule has 0 aliphatic heterocycles. The van der Waals surface area contributed by atoms with Crippen molar-refractivity contribution < 1.29 is 0 Å². The van der Waals surface area contributed by atoms with Gasteiger partial charge >= 0.3 is 11.1 Å². The SMILES string of the molecule is CCCNC(c1ccc2[nH]c(=O)c(=O)[nH]c2c1)C1CCC1. The van der Waals surface area contributed by atoms with Crippen molar-refractivity contribution in [2.24, 2.45) is 5.92 Å². The maximum absolute atomic E-state index is 11.5. The molecule has 0 radical (unpaired) electrons. The Kier molecular flexibility index (Phi) is 3.92.